The second-order valence-corrected chi connectivity index (χ2v) is 9.50. The first-order chi connectivity index (χ1) is 16.2. The summed E-state index contributed by atoms with van der Waals surface area (Å²) in [4.78, 5) is 24.8. The number of nitrogens with zero attached hydrogens (tertiary/aromatic N) is 1. The largest absolute Gasteiger partial charge is 0.494 e. The summed E-state index contributed by atoms with van der Waals surface area (Å²) in [6.45, 7) is 6.70. The minimum atomic E-state index is -0.930. The summed E-state index contributed by atoms with van der Waals surface area (Å²) < 4.78 is 11.3. The van der Waals surface area contributed by atoms with Crippen LogP contribution in [0.2, 0.25) is 0 Å². The Morgan fingerprint density at radius 2 is 1.47 bits per heavy atom. The molecular formula is C28H39NO5. The number of ether oxygens (including phenoxy) is 2. The molecule has 1 amide bonds. The average molecular weight is 470 g/mol. The Labute approximate surface area is 203 Å². The molecule has 0 aliphatic carbocycles. The van der Waals surface area contributed by atoms with Crippen molar-refractivity contribution < 1.29 is 24.2 Å². The average Bonchev–Trinajstić information content (AvgIpc) is 2.78. The number of rotatable bonds is 14. The summed E-state index contributed by atoms with van der Waals surface area (Å²) >= 11 is 0. The number of carboxylic acid groups (broad SMARTS) is 1. The Balaban J connectivity index is 1.68. The van der Waals surface area contributed by atoms with Crippen molar-refractivity contribution in [2.45, 2.75) is 71.3 Å². The topological polar surface area (TPSA) is 76.1 Å². The summed E-state index contributed by atoms with van der Waals surface area (Å²) in [7, 11) is 0. The van der Waals surface area contributed by atoms with Gasteiger partial charge in [0.2, 0.25) is 0 Å². The van der Waals surface area contributed by atoms with E-state index in [2.05, 4.69) is 24.3 Å². The number of aliphatic carboxylic acids is 1. The Hall–Kier alpha value is -3.02. The van der Waals surface area contributed by atoms with E-state index in [1.54, 1.807) is 20.8 Å². The first-order valence-electron chi connectivity index (χ1n) is 12.2. The van der Waals surface area contributed by atoms with Gasteiger partial charge >= 0.3 is 12.1 Å². The standard InChI is InChI=1S/C28H39NO5/c1-28(2,3)34-27(32)29(21-19-26(30)31)20-10-14-24-15-17-25(18-16-24)33-22-9-5-8-13-23-11-6-4-7-12-23/h4,6-7,11-12,15-18H,5,8-10,13-14,19-22H2,1-3H3,(H,30,31). The zero-order chi connectivity index (χ0) is 24.8. The Morgan fingerprint density at radius 3 is 2.12 bits per heavy atom. The van der Waals surface area contributed by atoms with E-state index in [4.69, 9.17) is 14.6 Å². The lowest BCUT2D eigenvalue weighted by Gasteiger charge is -2.27. The molecule has 6 nitrogen and oxygen atoms in total. The van der Waals surface area contributed by atoms with Crippen LogP contribution in [0.4, 0.5) is 4.79 Å². The molecule has 0 bridgehead atoms. The highest BCUT2D eigenvalue weighted by atomic mass is 16.6. The fourth-order valence-corrected chi connectivity index (χ4v) is 3.52. The van der Waals surface area contributed by atoms with Gasteiger partial charge in [-0.3, -0.25) is 4.79 Å². The van der Waals surface area contributed by atoms with Gasteiger partial charge in [0.25, 0.3) is 0 Å². The van der Waals surface area contributed by atoms with Gasteiger partial charge in [0.1, 0.15) is 11.4 Å². The van der Waals surface area contributed by atoms with Crippen molar-refractivity contribution in [1.82, 2.24) is 4.90 Å². The SMILES string of the molecule is CC(C)(C)OC(=O)N(CCCc1ccc(OCCCCCc2ccccc2)cc1)CCC(=O)O. The predicted octanol–water partition coefficient (Wildman–Crippen LogP) is 6.12. The molecule has 0 radical (unpaired) electrons. The second-order valence-electron chi connectivity index (χ2n) is 9.50. The van der Waals surface area contributed by atoms with E-state index in [0.717, 1.165) is 43.4 Å². The normalized spacial score (nSPS) is 11.1. The molecule has 0 unspecified atom stereocenters. The van der Waals surface area contributed by atoms with E-state index < -0.39 is 17.7 Å². The van der Waals surface area contributed by atoms with Gasteiger partial charge in [0, 0.05) is 13.1 Å². The van der Waals surface area contributed by atoms with Crippen LogP contribution in [0.25, 0.3) is 0 Å². The number of aryl methyl sites for hydroxylation is 2. The highest BCUT2D eigenvalue weighted by Gasteiger charge is 2.22. The third-order valence-electron chi connectivity index (χ3n) is 5.29. The fraction of sp³-hybridized carbons (Fsp3) is 0.500. The minimum absolute atomic E-state index is 0.0997. The molecule has 0 saturated carbocycles. The van der Waals surface area contributed by atoms with Gasteiger partial charge in [-0.2, -0.15) is 0 Å². The van der Waals surface area contributed by atoms with Gasteiger partial charge in [0.05, 0.1) is 13.0 Å². The van der Waals surface area contributed by atoms with E-state index in [1.807, 2.05) is 30.3 Å². The van der Waals surface area contributed by atoms with Crippen LogP contribution in [0.1, 0.15) is 64.0 Å². The maximum Gasteiger partial charge on any atom is 0.410 e. The quantitative estimate of drug-likeness (QED) is 0.337. The van der Waals surface area contributed by atoms with Crippen molar-refractivity contribution in [3.63, 3.8) is 0 Å². The summed E-state index contributed by atoms with van der Waals surface area (Å²) in [5.74, 6) is -0.0657. The monoisotopic (exact) mass is 469 g/mol. The Kier molecular flexibility index (Phi) is 11.4. The molecule has 0 aliphatic rings. The molecule has 186 valence electrons. The molecule has 2 aromatic carbocycles. The third kappa shape index (κ3) is 11.7. The predicted molar refractivity (Wildman–Crippen MR) is 134 cm³/mol. The second kappa shape index (κ2) is 14.3. The molecule has 6 heteroatoms. The molecule has 0 aromatic heterocycles. The fourth-order valence-electron chi connectivity index (χ4n) is 3.52. The number of hydrogen-bond acceptors (Lipinski definition) is 4. The van der Waals surface area contributed by atoms with Crippen molar-refractivity contribution in [3.05, 3.63) is 65.7 Å². The van der Waals surface area contributed by atoms with E-state index >= 15 is 0 Å². The number of carboxylic acids is 1. The van der Waals surface area contributed by atoms with E-state index in [1.165, 1.54) is 16.9 Å². The number of carbonyl (C=O) groups excluding carboxylic acids is 1. The van der Waals surface area contributed by atoms with Crippen molar-refractivity contribution in [2.75, 3.05) is 19.7 Å². The molecule has 0 aliphatic heterocycles. The minimum Gasteiger partial charge on any atom is -0.494 e. The Bertz CT molecular complexity index is 859. The summed E-state index contributed by atoms with van der Waals surface area (Å²) in [6.07, 6.45) is 5.38. The molecule has 34 heavy (non-hydrogen) atoms. The van der Waals surface area contributed by atoms with Crippen molar-refractivity contribution in [3.8, 4) is 5.75 Å². The van der Waals surface area contributed by atoms with Crippen LogP contribution in [-0.4, -0.2) is 47.4 Å². The van der Waals surface area contributed by atoms with Gasteiger partial charge in [0.15, 0.2) is 0 Å². The maximum absolute atomic E-state index is 12.4. The van der Waals surface area contributed by atoms with Gasteiger partial charge in [-0.05, 0) is 82.6 Å². The highest BCUT2D eigenvalue weighted by molar-refractivity contribution is 5.70. The number of carbonyl (C=O) groups is 2. The molecule has 0 spiro atoms. The summed E-state index contributed by atoms with van der Waals surface area (Å²) in [5.41, 5.74) is 1.92. The lowest BCUT2D eigenvalue weighted by Crippen LogP contribution is -2.38. The highest BCUT2D eigenvalue weighted by Crippen LogP contribution is 2.16. The van der Waals surface area contributed by atoms with Gasteiger partial charge in [-0.1, -0.05) is 42.5 Å². The zero-order valence-electron chi connectivity index (χ0n) is 20.8. The summed E-state index contributed by atoms with van der Waals surface area (Å²) in [6, 6.07) is 18.6. The first kappa shape index (κ1) is 27.2. The molecule has 0 atom stereocenters. The van der Waals surface area contributed by atoms with Crippen LogP contribution in [0.15, 0.2) is 54.6 Å². The first-order valence-corrected chi connectivity index (χ1v) is 12.2. The van der Waals surface area contributed by atoms with Crippen LogP contribution in [0.5, 0.6) is 5.75 Å². The zero-order valence-corrected chi connectivity index (χ0v) is 20.8. The van der Waals surface area contributed by atoms with Gasteiger partial charge in [-0.15, -0.1) is 0 Å². The molecule has 2 aromatic rings. The molecular weight excluding hydrogens is 430 g/mol. The Morgan fingerprint density at radius 1 is 0.824 bits per heavy atom. The molecule has 0 fully saturated rings. The smallest absolute Gasteiger partial charge is 0.410 e. The number of unbranched alkanes of at least 4 members (excludes halogenated alkanes) is 2. The van der Waals surface area contributed by atoms with E-state index in [9.17, 15) is 9.59 Å². The van der Waals surface area contributed by atoms with Crippen LogP contribution >= 0.6 is 0 Å². The van der Waals surface area contributed by atoms with E-state index in [-0.39, 0.29) is 13.0 Å². The lowest BCUT2D eigenvalue weighted by atomic mass is 10.1. The lowest BCUT2D eigenvalue weighted by molar-refractivity contribution is -0.137. The number of hydrogen-bond donors (Lipinski definition) is 1. The maximum atomic E-state index is 12.4. The van der Waals surface area contributed by atoms with Gasteiger partial charge < -0.3 is 19.5 Å². The van der Waals surface area contributed by atoms with Crippen LogP contribution < -0.4 is 4.74 Å². The number of amides is 1. The van der Waals surface area contributed by atoms with Crippen LogP contribution in [0.3, 0.4) is 0 Å². The third-order valence-corrected chi connectivity index (χ3v) is 5.29. The molecule has 0 heterocycles. The van der Waals surface area contributed by atoms with Gasteiger partial charge in [-0.25, -0.2) is 4.79 Å². The van der Waals surface area contributed by atoms with Crippen LogP contribution in [0, 0.1) is 0 Å². The number of benzene rings is 2. The van der Waals surface area contributed by atoms with Crippen molar-refractivity contribution in [2.24, 2.45) is 0 Å². The van der Waals surface area contributed by atoms with E-state index in [0.29, 0.717) is 13.2 Å². The molecule has 2 rings (SSSR count). The van der Waals surface area contributed by atoms with Crippen molar-refractivity contribution in [1.29, 1.82) is 0 Å². The van der Waals surface area contributed by atoms with Crippen molar-refractivity contribution >= 4 is 12.1 Å². The van der Waals surface area contributed by atoms with Crippen LogP contribution in [-0.2, 0) is 22.4 Å². The summed E-state index contributed by atoms with van der Waals surface area (Å²) in [5, 5.41) is 8.97. The molecule has 1 N–H and O–H groups in total. The molecule has 0 saturated heterocycles.